The average Bonchev–Trinajstić information content (AvgIpc) is 2.80. The lowest BCUT2D eigenvalue weighted by Gasteiger charge is -2.27. The summed E-state index contributed by atoms with van der Waals surface area (Å²) in [5, 5.41) is 9.03. The Morgan fingerprint density at radius 3 is 2.50 bits per heavy atom. The smallest absolute Gasteiger partial charge is 0.303 e. The Balaban J connectivity index is 2.10. The van der Waals surface area contributed by atoms with Crippen LogP contribution in [-0.4, -0.2) is 11.1 Å². The first-order chi connectivity index (χ1) is 9.42. The molecule has 1 saturated carbocycles. The molecule has 1 fully saturated rings. The summed E-state index contributed by atoms with van der Waals surface area (Å²) in [5.74, 6) is -1.74. The number of halogens is 3. The molecule has 1 aliphatic carbocycles. The van der Waals surface area contributed by atoms with Crippen LogP contribution in [0.2, 0.25) is 0 Å². The molecular weight excluding hydrogens is 330 g/mol. The first-order valence-electron chi connectivity index (χ1n) is 6.77. The van der Waals surface area contributed by atoms with Gasteiger partial charge in [0.15, 0.2) is 0 Å². The van der Waals surface area contributed by atoms with E-state index in [2.05, 4.69) is 15.9 Å². The Labute approximate surface area is 125 Å². The highest BCUT2D eigenvalue weighted by molar-refractivity contribution is 9.10. The van der Waals surface area contributed by atoms with E-state index in [4.69, 9.17) is 5.11 Å². The summed E-state index contributed by atoms with van der Waals surface area (Å²) < 4.78 is 27.3. The SMILES string of the molecule is O=C(O)CC1(CCc2cc(F)c(Br)cc2F)CCCC1. The van der Waals surface area contributed by atoms with Crippen LogP contribution in [0.5, 0.6) is 0 Å². The maximum atomic E-state index is 13.8. The van der Waals surface area contributed by atoms with Gasteiger partial charge in [-0.3, -0.25) is 4.79 Å². The number of hydrogen-bond donors (Lipinski definition) is 1. The van der Waals surface area contributed by atoms with Gasteiger partial charge in [0.1, 0.15) is 11.6 Å². The molecule has 2 nitrogen and oxygen atoms in total. The fourth-order valence-corrected chi connectivity index (χ4v) is 3.43. The highest BCUT2D eigenvalue weighted by Gasteiger charge is 2.35. The molecule has 1 aromatic carbocycles. The van der Waals surface area contributed by atoms with Crippen molar-refractivity contribution in [3.05, 3.63) is 33.8 Å². The van der Waals surface area contributed by atoms with E-state index in [0.29, 0.717) is 18.4 Å². The van der Waals surface area contributed by atoms with Crippen LogP contribution < -0.4 is 0 Å². The minimum absolute atomic E-state index is 0.111. The average molecular weight is 347 g/mol. The Bertz CT molecular complexity index is 511. The molecule has 0 saturated heterocycles. The lowest BCUT2D eigenvalue weighted by Crippen LogP contribution is -2.22. The third-order valence-electron chi connectivity index (χ3n) is 4.20. The maximum absolute atomic E-state index is 13.8. The van der Waals surface area contributed by atoms with Gasteiger partial charge >= 0.3 is 5.97 Å². The summed E-state index contributed by atoms with van der Waals surface area (Å²) in [6.07, 6.45) is 4.85. The lowest BCUT2D eigenvalue weighted by molar-refractivity contribution is -0.139. The number of aliphatic carboxylic acids is 1. The number of hydrogen-bond acceptors (Lipinski definition) is 1. The minimum atomic E-state index is -0.811. The molecule has 5 heteroatoms. The molecule has 0 aromatic heterocycles. The standard InChI is InChI=1S/C15H17BrF2O2/c16-11-8-12(17)10(7-13(11)18)3-6-15(9-14(19)20)4-1-2-5-15/h7-8H,1-6,9H2,(H,19,20). The molecule has 0 bridgehead atoms. The molecule has 1 aliphatic rings. The first-order valence-corrected chi connectivity index (χ1v) is 7.56. The van der Waals surface area contributed by atoms with E-state index in [-0.39, 0.29) is 16.3 Å². The maximum Gasteiger partial charge on any atom is 0.303 e. The summed E-state index contributed by atoms with van der Waals surface area (Å²) in [6, 6.07) is 2.33. The van der Waals surface area contributed by atoms with Crippen molar-refractivity contribution >= 4 is 21.9 Å². The van der Waals surface area contributed by atoms with E-state index >= 15 is 0 Å². The molecule has 1 aromatic rings. The number of carbonyl (C=O) groups is 1. The predicted octanol–water partition coefficient (Wildman–Crippen LogP) is 4.70. The van der Waals surface area contributed by atoms with E-state index in [0.717, 1.165) is 31.7 Å². The number of aryl methyl sites for hydroxylation is 1. The van der Waals surface area contributed by atoms with Crippen molar-refractivity contribution in [2.24, 2.45) is 5.41 Å². The molecule has 0 unspecified atom stereocenters. The minimum Gasteiger partial charge on any atom is -0.481 e. The first kappa shape index (κ1) is 15.4. The van der Waals surface area contributed by atoms with Gasteiger partial charge in [-0.05, 0) is 64.7 Å². The third kappa shape index (κ3) is 3.57. The predicted molar refractivity (Wildman–Crippen MR) is 75.5 cm³/mol. The third-order valence-corrected chi connectivity index (χ3v) is 4.81. The summed E-state index contributed by atoms with van der Waals surface area (Å²) in [7, 11) is 0. The van der Waals surface area contributed by atoms with E-state index < -0.39 is 17.6 Å². The van der Waals surface area contributed by atoms with Crippen molar-refractivity contribution in [3.63, 3.8) is 0 Å². The van der Waals surface area contributed by atoms with Gasteiger partial charge in [0, 0.05) is 0 Å². The van der Waals surface area contributed by atoms with Crippen LogP contribution in [-0.2, 0) is 11.2 Å². The van der Waals surface area contributed by atoms with Crippen LogP contribution in [0.3, 0.4) is 0 Å². The summed E-state index contributed by atoms with van der Waals surface area (Å²) >= 11 is 2.95. The lowest BCUT2D eigenvalue weighted by atomic mass is 9.77. The fourth-order valence-electron chi connectivity index (χ4n) is 3.12. The fraction of sp³-hybridized carbons (Fsp3) is 0.533. The van der Waals surface area contributed by atoms with Crippen LogP contribution in [0.4, 0.5) is 8.78 Å². The summed E-state index contributed by atoms with van der Waals surface area (Å²) in [5.41, 5.74) is 0.0734. The van der Waals surface area contributed by atoms with Crippen molar-refractivity contribution in [1.29, 1.82) is 0 Å². The van der Waals surface area contributed by atoms with Crippen molar-refractivity contribution in [2.45, 2.75) is 44.9 Å². The van der Waals surface area contributed by atoms with Crippen LogP contribution in [0, 0.1) is 17.0 Å². The van der Waals surface area contributed by atoms with Gasteiger partial charge in [-0.1, -0.05) is 12.8 Å². The van der Waals surface area contributed by atoms with Gasteiger partial charge in [-0.15, -0.1) is 0 Å². The number of carboxylic acid groups (broad SMARTS) is 1. The van der Waals surface area contributed by atoms with Gasteiger partial charge < -0.3 is 5.11 Å². The monoisotopic (exact) mass is 346 g/mol. The van der Waals surface area contributed by atoms with Crippen molar-refractivity contribution in [2.75, 3.05) is 0 Å². The molecular formula is C15H17BrF2O2. The van der Waals surface area contributed by atoms with Crippen LogP contribution in [0.15, 0.2) is 16.6 Å². The van der Waals surface area contributed by atoms with Gasteiger partial charge in [-0.25, -0.2) is 8.78 Å². The molecule has 110 valence electrons. The molecule has 0 heterocycles. The van der Waals surface area contributed by atoms with Crippen molar-refractivity contribution in [1.82, 2.24) is 0 Å². The summed E-state index contributed by atoms with van der Waals surface area (Å²) in [6.45, 7) is 0. The number of rotatable bonds is 5. The van der Waals surface area contributed by atoms with Gasteiger partial charge in [0.25, 0.3) is 0 Å². The molecule has 0 atom stereocenters. The zero-order valence-electron chi connectivity index (χ0n) is 11.1. The largest absolute Gasteiger partial charge is 0.481 e. The molecule has 0 spiro atoms. The zero-order valence-corrected chi connectivity index (χ0v) is 12.7. The molecule has 0 aliphatic heterocycles. The molecule has 0 radical (unpaired) electrons. The van der Waals surface area contributed by atoms with E-state index in [1.54, 1.807) is 0 Å². The van der Waals surface area contributed by atoms with Gasteiger partial charge in [0.05, 0.1) is 10.9 Å². The van der Waals surface area contributed by atoms with Crippen LogP contribution in [0.25, 0.3) is 0 Å². The highest BCUT2D eigenvalue weighted by Crippen LogP contribution is 2.45. The Hall–Kier alpha value is -0.970. The highest BCUT2D eigenvalue weighted by atomic mass is 79.9. The normalized spacial score (nSPS) is 17.4. The van der Waals surface area contributed by atoms with Crippen molar-refractivity contribution < 1.29 is 18.7 Å². The van der Waals surface area contributed by atoms with Crippen LogP contribution >= 0.6 is 15.9 Å². The van der Waals surface area contributed by atoms with E-state index in [1.807, 2.05) is 0 Å². The number of benzene rings is 1. The molecule has 2 rings (SSSR count). The number of carboxylic acids is 1. The Morgan fingerprint density at radius 2 is 1.90 bits per heavy atom. The quantitative estimate of drug-likeness (QED) is 0.785. The molecule has 0 amide bonds. The second-order valence-corrected chi connectivity index (χ2v) is 6.49. The van der Waals surface area contributed by atoms with Gasteiger partial charge in [-0.2, -0.15) is 0 Å². The molecule has 1 N–H and O–H groups in total. The molecule has 20 heavy (non-hydrogen) atoms. The van der Waals surface area contributed by atoms with Crippen LogP contribution in [0.1, 0.15) is 44.1 Å². The Kier molecular flexibility index (Phi) is 4.78. The van der Waals surface area contributed by atoms with E-state index in [9.17, 15) is 13.6 Å². The van der Waals surface area contributed by atoms with Gasteiger partial charge in [0.2, 0.25) is 0 Å². The van der Waals surface area contributed by atoms with Crippen molar-refractivity contribution in [3.8, 4) is 0 Å². The second-order valence-electron chi connectivity index (χ2n) is 5.64. The Morgan fingerprint density at radius 1 is 1.25 bits per heavy atom. The topological polar surface area (TPSA) is 37.3 Å². The van der Waals surface area contributed by atoms with E-state index in [1.165, 1.54) is 6.07 Å². The zero-order chi connectivity index (χ0) is 14.8. The summed E-state index contributed by atoms with van der Waals surface area (Å²) in [4.78, 5) is 11.0. The second kappa shape index (κ2) is 6.20.